The predicted molar refractivity (Wildman–Crippen MR) is 102 cm³/mol. The number of carbonyl (C=O) groups is 1. The van der Waals surface area contributed by atoms with E-state index < -0.39 is 0 Å². The van der Waals surface area contributed by atoms with Gasteiger partial charge in [-0.1, -0.05) is 12.1 Å². The number of nitrogens with zero attached hydrogens (tertiary/aromatic N) is 1. The first-order valence-corrected chi connectivity index (χ1v) is 8.70. The van der Waals surface area contributed by atoms with Crippen molar-refractivity contribution in [1.29, 1.82) is 0 Å². The quantitative estimate of drug-likeness (QED) is 0.677. The molecule has 7 heteroatoms. The van der Waals surface area contributed by atoms with E-state index in [-0.39, 0.29) is 17.3 Å². The van der Waals surface area contributed by atoms with E-state index in [4.69, 9.17) is 12.2 Å². The molecule has 0 saturated heterocycles. The van der Waals surface area contributed by atoms with Crippen molar-refractivity contribution in [2.75, 3.05) is 6.54 Å². The van der Waals surface area contributed by atoms with Gasteiger partial charge in [0.1, 0.15) is 5.82 Å². The molecule has 1 aromatic heterocycles. The maximum atomic E-state index is 12.9. The molecule has 26 heavy (non-hydrogen) atoms. The second kappa shape index (κ2) is 7.61. The van der Waals surface area contributed by atoms with Gasteiger partial charge in [0, 0.05) is 18.7 Å². The molecule has 0 atom stereocenters. The lowest BCUT2D eigenvalue weighted by molar-refractivity contribution is 0.0954. The molecule has 3 rings (SSSR count). The van der Waals surface area contributed by atoms with Crippen LogP contribution in [0.1, 0.15) is 22.8 Å². The molecule has 3 aromatic rings. The molecule has 0 fully saturated rings. The van der Waals surface area contributed by atoms with Gasteiger partial charge in [0.15, 0.2) is 4.77 Å². The van der Waals surface area contributed by atoms with Gasteiger partial charge >= 0.3 is 0 Å². The zero-order valence-corrected chi connectivity index (χ0v) is 15.0. The number of halogens is 1. The molecule has 1 amide bonds. The van der Waals surface area contributed by atoms with Gasteiger partial charge in [-0.25, -0.2) is 4.39 Å². The SMILES string of the molecule is CCn1c(=S)[nH]c2cc(C(=O)NCCc3ccc(F)cc3)ccc2c1=O. The van der Waals surface area contributed by atoms with Crippen LogP contribution in [0.5, 0.6) is 0 Å². The topological polar surface area (TPSA) is 66.9 Å². The molecule has 0 spiro atoms. The van der Waals surface area contributed by atoms with Crippen LogP contribution in [0.25, 0.3) is 10.9 Å². The summed E-state index contributed by atoms with van der Waals surface area (Å²) < 4.78 is 14.7. The lowest BCUT2D eigenvalue weighted by atomic mass is 10.1. The molecule has 0 unspecified atom stereocenters. The van der Waals surface area contributed by atoms with Crippen LogP contribution in [-0.2, 0) is 13.0 Å². The standard InChI is InChI=1S/C19H18FN3O2S/c1-2-23-18(25)15-8-5-13(11-16(15)22-19(23)26)17(24)21-10-9-12-3-6-14(20)7-4-12/h3-8,11H,2,9-10H2,1H3,(H,21,24)(H,22,26). The first kappa shape index (κ1) is 18.0. The Balaban J connectivity index is 1.75. The average Bonchev–Trinajstić information content (AvgIpc) is 2.63. The first-order chi connectivity index (χ1) is 12.5. The summed E-state index contributed by atoms with van der Waals surface area (Å²) in [5, 5.41) is 3.31. The van der Waals surface area contributed by atoms with Crippen molar-refractivity contribution in [3.63, 3.8) is 0 Å². The minimum atomic E-state index is -0.284. The number of amides is 1. The van der Waals surface area contributed by atoms with Gasteiger partial charge in [-0.05, 0) is 61.5 Å². The van der Waals surface area contributed by atoms with Gasteiger partial charge in [-0.15, -0.1) is 0 Å². The summed E-state index contributed by atoms with van der Waals surface area (Å²) in [5.41, 5.74) is 1.75. The molecule has 5 nitrogen and oxygen atoms in total. The number of carbonyl (C=O) groups excluding carboxylic acids is 1. The lowest BCUT2D eigenvalue weighted by Crippen LogP contribution is -2.26. The third kappa shape index (κ3) is 3.72. The summed E-state index contributed by atoms with van der Waals surface area (Å²) >= 11 is 5.19. The summed E-state index contributed by atoms with van der Waals surface area (Å²) in [6.07, 6.45) is 0.600. The van der Waals surface area contributed by atoms with Crippen LogP contribution in [0.15, 0.2) is 47.3 Å². The van der Waals surface area contributed by atoms with Crippen LogP contribution in [-0.4, -0.2) is 22.0 Å². The zero-order chi connectivity index (χ0) is 18.7. The number of aromatic nitrogens is 2. The zero-order valence-electron chi connectivity index (χ0n) is 14.2. The van der Waals surface area contributed by atoms with E-state index in [1.54, 1.807) is 30.3 Å². The predicted octanol–water partition coefficient (Wildman–Crippen LogP) is 3.19. The van der Waals surface area contributed by atoms with E-state index in [9.17, 15) is 14.0 Å². The van der Waals surface area contributed by atoms with Crippen molar-refractivity contribution >= 4 is 29.0 Å². The van der Waals surface area contributed by atoms with Gasteiger partial charge < -0.3 is 10.3 Å². The van der Waals surface area contributed by atoms with Crippen LogP contribution in [0, 0.1) is 10.6 Å². The summed E-state index contributed by atoms with van der Waals surface area (Å²) in [6.45, 7) is 2.76. The molecule has 0 aliphatic carbocycles. The van der Waals surface area contributed by atoms with Gasteiger partial charge in [0.25, 0.3) is 11.5 Å². The number of fused-ring (bicyclic) bond motifs is 1. The van der Waals surface area contributed by atoms with E-state index >= 15 is 0 Å². The molecule has 0 radical (unpaired) electrons. The Morgan fingerprint density at radius 1 is 1.23 bits per heavy atom. The third-order valence-corrected chi connectivity index (χ3v) is 4.50. The van der Waals surface area contributed by atoms with Gasteiger partial charge in [-0.3, -0.25) is 14.2 Å². The molecule has 2 aromatic carbocycles. The molecular weight excluding hydrogens is 353 g/mol. The van der Waals surface area contributed by atoms with Crippen molar-refractivity contribution in [2.45, 2.75) is 19.9 Å². The van der Waals surface area contributed by atoms with Crippen molar-refractivity contribution < 1.29 is 9.18 Å². The molecule has 2 N–H and O–H groups in total. The first-order valence-electron chi connectivity index (χ1n) is 8.29. The number of hydrogen-bond acceptors (Lipinski definition) is 3. The smallest absolute Gasteiger partial charge is 0.262 e. The van der Waals surface area contributed by atoms with Crippen LogP contribution in [0.4, 0.5) is 4.39 Å². The number of rotatable bonds is 5. The van der Waals surface area contributed by atoms with E-state index in [1.165, 1.54) is 16.7 Å². The summed E-state index contributed by atoms with van der Waals surface area (Å²) in [6, 6.07) is 11.0. The Kier molecular flexibility index (Phi) is 5.27. The Labute approximate surface area is 154 Å². The molecule has 134 valence electrons. The number of hydrogen-bond donors (Lipinski definition) is 2. The van der Waals surface area contributed by atoms with Gasteiger partial charge in [0.2, 0.25) is 0 Å². The molecular formula is C19H18FN3O2S. The van der Waals surface area contributed by atoms with Crippen LogP contribution in [0.3, 0.4) is 0 Å². The fraction of sp³-hybridized carbons (Fsp3) is 0.211. The van der Waals surface area contributed by atoms with Crippen molar-refractivity contribution in [2.24, 2.45) is 0 Å². The lowest BCUT2D eigenvalue weighted by Gasteiger charge is -2.08. The molecule has 1 heterocycles. The molecule has 0 aliphatic rings. The molecule has 0 saturated carbocycles. The normalized spacial score (nSPS) is 10.8. The number of aromatic amines is 1. The second-order valence-electron chi connectivity index (χ2n) is 5.87. The Bertz CT molecular complexity index is 1070. The largest absolute Gasteiger partial charge is 0.352 e. The van der Waals surface area contributed by atoms with E-state index in [0.29, 0.717) is 40.7 Å². The fourth-order valence-electron chi connectivity index (χ4n) is 2.76. The van der Waals surface area contributed by atoms with Crippen LogP contribution >= 0.6 is 12.2 Å². The van der Waals surface area contributed by atoms with E-state index in [1.807, 2.05) is 6.92 Å². The maximum absolute atomic E-state index is 12.9. The average molecular weight is 371 g/mol. The van der Waals surface area contributed by atoms with E-state index in [0.717, 1.165) is 5.56 Å². The second-order valence-corrected chi connectivity index (χ2v) is 6.26. The Morgan fingerprint density at radius 2 is 1.96 bits per heavy atom. The van der Waals surface area contributed by atoms with Crippen molar-refractivity contribution in [1.82, 2.24) is 14.9 Å². The summed E-state index contributed by atoms with van der Waals surface area (Å²) in [5.74, 6) is -0.526. The highest BCUT2D eigenvalue weighted by Crippen LogP contribution is 2.11. The molecule has 0 bridgehead atoms. The van der Waals surface area contributed by atoms with Crippen LogP contribution in [0.2, 0.25) is 0 Å². The van der Waals surface area contributed by atoms with Gasteiger partial charge in [-0.2, -0.15) is 0 Å². The number of nitrogens with one attached hydrogen (secondary N) is 2. The highest BCUT2D eigenvalue weighted by Gasteiger charge is 2.09. The Hall–Kier alpha value is -2.80. The van der Waals surface area contributed by atoms with Crippen molar-refractivity contribution in [3.05, 3.63) is 74.5 Å². The highest BCUT2D eigenvalue weighted by molar-refractivity contribution is 7.71. The Morgan fingerprint density at radius 3 is 2.65 bits per heavy atom. The minimum Gasteiger partial charge on any atom is -0.352 e. The monoisotopic (exact) mass is 371 g/mol. The minimum absolute atomic E-state index is 0.172. The fourth-order valence-corrected chi connectivity index (χ4v) is 3.08. The summed E-state index contributed by atoms with van der Waals surface area (Å²) in [4.78, 5) is 27.7. The van der Waals surface area contributed by atoms with Crippen molar-refractivity contribution in [3.8, 4) is 0 Å². The molecule has 0 aliphatic heterocycles. The number of benzene rings is 2. The van der Waals surface area contributed by atoms with Crippen LogP contribution < -0.4 is 10.9 Å². The van der Waals surface area contributed by atoms with E-state index in [2.05, 4.69) is 10.3 Å². The van der Waals surface area contributed by atoms with Gasteiger partial charge in [0.05, 0.1) is 10.9 Å². The summed E-state index contributed by atoms with van der Waals surface area (Å²) in [7, 11) is 0. The maximum Gasteiger partial charge on any atom is 0.262 e. The third-order valence-electron chi connectivity index (χ3n) is 4.17. The highest BCUT2D eigenvalue weighted by atomic mass is 32.1. The number of H-pyrrole nitrogens is 1.